The lowest BCUT2D eigenvalue weighted by molar-refractivity contribution is -0.112. The number of nitrogens with one attached hydrogen (secondary N) is 2. The van der Waals surface area contributed by atoms with E-state index in [4.69, 9.17) is 16.7 Å². The number of hydrogen-bond acceptors (Lipinski definition) is 5. The number of hydrogen-bond donors (Lipinski definition) is 3. The molecule has 1 aliphatic heterocycles. The van der Waals surface area contributed by atoms with Crippen molar-refractivity contribution in [2.45, 2.75) is 31.1 Å². The molecule has 0 saturated heterocycles. The summed E-state index contributed by atoms with van der Waals surface area (Å²) in [7, 11) is 0. The van der Waals surface area contributed by atoms with Crippen molar-refractivity contribution in [3.05, 3.63) is 88.4 Å². The number of halogens is 1. The smallest absolute Gasteiger partial charge is 0.339 e. The first-order valence-electron chi connectivity index (χ1n) is 12.2. The van der Waals surface area contributed by atoms with Crippen LogP contribution in [0, 0.1) is 0 Å². The second-order valence-corrected chi connectivity index (χ2v) is 10.2. The monoisotopic (exact) mass is 550 g/mol. The summed E-state index contributed by atoms with van der Waals surface area (Å²) in [4.78, 5) is 39.2. The van der Waals surface area contributed by atoms with Gasteiger partial charge in [0.25, 0.3) is 5.91 Å². The SMILES string of the molecule is CCCN1C(=O)/C(=N\NC(=O)Nc2ccccc2Cl)c2cc(SCCCc3ccc(C(=O)O)cc3)ccc21. The van der Waals surface area contributed by atoms with Crippen LogP contribution in [0.4, 0.5) is 16.2 Å². The summed E-state index contributed by atoms with van der Waals surface area (Å²) in [5.41, 5.74) is 5.86. The van der Waals surface area contributed by atoms with Crippen LogP contribution in [0.25, 0.3) is 0 Å². The molecule has 8 nitrogen and oxygen atoms in total. The third-order valence-corrected chi connectivity index (χ3v) is 7.29. The van der Waals surface area contributed by atoms with Crippen LogP contribution < -0.4 is 15.6 Å². The number of carbonyl (C=O) groups is 3. The van der Waals surface area contributed by atoms with Crippen molar-refractivity contribution in [2.75, 3.05) is 22.5 Å². The van der Waals surface area contributed by atoms with Crippen LogP contribution in [-0.4, -0.2) is 41.0 Å². The van der Waals surface area contributed by atoms with Crippen LogP contribution >= 0.6 is 23.4 Å². The number of carboxylic acids is 1. The first-order chi connectivity index (χ1) is 18.4. The first-order valence-corrected chi connectivity index (χ1v) is 13.5. The maximum absolute atomic E-state index is 13.1. The van der Waals surface area contributed by atoms with Crippen molar-refractivity contribution in [3.8, 4) is 0 Å². The number of benzene rings is 3. The number of rotatable bonds is 10. The van der Waals surface area contributed by atoms with E-state index >= 15 is 0 Å². The van der Waals surface area contributed by atoms with E-state index in [2.05, 4.69) is 15.8 Å². The predicted molar refractivity (Wildman–Crippen MR) is 152 cm³/mol. The van der Waals surface area contributed by atoms with Crippen LogP contribution in [0.1, 0.15) is 41.3 Å². The van der Waals surface area contributed by atoms with Gasteiger partial charge in [-0.25, -0.2) is 15.0 Å². The summed E-state index contributed by atoms with van der Waals surface area (Å²) < 4.78 is 0. The van der Waals surface area contributed by atoms with E-state index in [1.165, 1.54) is 0 Å². The van der Waals surface area contributed by atoms with Crippen molar-refractivity contribution >= 4 is 58.4 Å². The van der Waals surface area contributed by atoms with Gasteiger partial charge in [-0.2, -0.15) is 5.10 Å². The van der Waals surface area contributed by atoms with E-state index in [0.29, 0.717) is 22.8 Å². The van der Waals surface area contributed by atoms with Crippen LogP contribution in [0.3, 0.4) is 0 Å². The van der Waals surface area contributed by atoms with E-state index < -0.39 is 12.0 Å². The zero-order valence-corrected chi connectivity index (χ0v) is 22.3. The molecule has 0 saturated carbocycles. The van der Waals surface area contributed by atoms with Crippen LogP contribution in [0.5, 0.6) is 0 Å². The number of thioether (sulfide) groups is 1. The number of amides is 3. The Hall–Kier alpha value is -3.82. The molecule has 38 heavy (non-hydrogen) atoms. The molecule has 3 amide bonds. The van der Waals surface area contributed by atoms with Gasteiger partial charge in [-0.15, -0.1) is 11.8 Å². The summed E-state index contributed by atoms with van der Waals surface area (Å²) in [6, 6.07) is 19.0. The minimum absolute atomic E-state index is 0.184. The fourth-order valence-corrected chi connectivity index (χ4v) is 5.11. The van der Waals surface area contributed by atoms with Gasteiger partial charge < -0.3 is 15.3 Å². The average Bonchev–Trinajstić information content (AvgIpc) is 3.17. The Bertz CT molecular complexity index is 1380. The van der Waals surface area contributed by atoms with Crippen molar-refractivity contribution in [1.82, 2.24) is 5.43 Å². The van der Waals surface area contributed by atoms with Gasteiger partial charge in [-0.3, -0.25) is 4.79 Å². The minimum atomic E-state index is -0.931. The highest BCUT2D eigenvalue weighted by atomic mass is 35.5. The molecule has 196 valence electrons. The van der Waals surface area contributed by atoms with Crippen molar-refractivity contribution in [3.63, 3.8) is 0 Å². The molecule has 0 spiro atoms. The zero-order chi connectivity index (χ0) is 27.1. The van der Waals surface area contributed by atoms with E-state index in [0.717, 1.165) is 41.2 Å². The summed E-state index contributed by atoms with van der Waals surface area (Å²) >= 11 is 7.76. The Morgan fingerprint density at radius 2 is 1.84 bits per heavy atom. The van der Waals surface area contributed by atoms with Gasteiger partial charge in [0.2, 0.25) is 0 Å². The Balaban J connectivity index is 1.42. The minimum Gasteiger partial charge on any atom is -0.478 e. The van der Waals surface area contributed by atoms with E-state index in [1.807, 2.05) is 37.3 Å². The molecule has 0 radical (unpaired) electrons. The summed E-state index contributed by atoms with van der Waals surface area (Å²) in [6.45, 7) is 2.54. The normalized spacial score (nSPS) is 13.5. The number of hydrazone groups is 1. The molecular formula is C28H27ClN4O4S. The Morgan fingerprint density at radius 3 is 2.55 bits per heavy atom. The fraction of sp³-hybridized carbons (Fsp3) is 0.214. The number of carboxylic acid groups (broad SMARTS) is 1. The standard InChI is InChI=1S/C28H27ClN4O4S/c1-2-15-33-24-14-13-20(38-16-5-6-18-9-11-19(12-10-18)27(35)36)17-21(24)25(26(33)34)31-32-28(37)30-23-8-4-3-7-22(23)29/h3-4,7-14,17H,2,5-6,15-16H2,1H3,(H,35,36)(H2,30,32,37)/b31-25-. The molecule has 4 rings (SSSR count). The van der Waals surface area contributed by atoms with Gasteiger partial charge in [0, 0.05) is 17.0 Å². The highest BCUT2D eigenvalue weighted by molar-refractivity contribution is 7.99. The van der Waals surface area contributed by atoms with E-state index in [-0.39, 0.29) is 17.2 Å². The number of nitrogens with zero attached hydrogens (tertiary/aromatic N) is 2. The summed E-state index contributed by atoms with van der Waals surface area (Å²) in [5.74, 6) is -0.345. The van der Waals surface area contributed by atoms with Crippen LogP contribution in [0.2, 0.25) is 5.02 Å². The zero-order valence-electron chi connectivity index (χ0n) is 20.7. The topological polar surface area (TPSA) is 111 Å². The average molecular weight is 551 g/mol. The fourth-order valence-electron chi connectivity index (χ4n) is 4.04. The number of urea groups is 1. The molecule has 0 bridgehead atoms. The molecule has 3 N–H and O–H groups in total. The molecule has 0 unspecified atom stereocenters. The van der Waals surface area contributed by atoms with Gasteiger partial charge in [0.15, 0.2) is 5.71 Å². The number of aromatic carboxylic acids is 1. The molecule has 1 aliphatic rings. The lowest BCUT2D eigenvalue weighted by atomic mass is 10.1. The summed E-state index contributed by atoms with van der Waals surface area (Å²) in [5, 5.41) is 16.2. The molecule has 3 aromatic rings. The maximum Gasteiger partial charge on any atom is 0.339 e. The molecule has 10 heteroatoms. The predicted octanol–water partition coefficient (Wildman–Crippen LogP) is 6.05. The van der Waals surface area contributed by atoms with E-state index in [1.54, 1.807) is 53.1 Å². The second kappa shape index (κ2) is 12.6. The molecule has 0 aliphatic carbocycles. The van der Waals surface area contributed by atoms with Crippen LogP contribution in [0.15, 0.2) is 76.7 Å². The number of para-hydroxylation sites is 1. The lowest BCUT2D eigenvalue weighted by Crippen LogP contribution is -2.33. The Labute approximate surface area is 230 Å². The van der Waals surface area contributed by atoms with Gasteiger partial charge in [0.05, 0.1) is 22.0 Å². The van der Waals surface area contributed by atoms with Gasteiger partial charge in [-0.1, -0.05) is 42.8 Å². The number of fused-ring (bicyclic) bond motifs is 1. The molecule has 0 fully saturated rings. The first kappa shape index (κ1) is 27.2. The highest BCUT2D eigenvalue weighted by Gasteiger charge is 2.34. The summed E-state index contributed by atoms with van der Waals surface area (Å²) in [6.07, 6.45) is 2.51. The third kappa shape index (κ3) is 6.54. The molecule has 1 heterocycles. The van der Waals surface area contributed by atoms with Crippen LogP contribution in [-0.2, 0) is 11.2 Å². The number of anilines is 2. The molecule has 3 aromatic carbocycles. The lowest BCUT2D eigenvalue weighted by Gasteiger charge is -2.15. The Kier molecular flexibility index (Phi) is 9.04. The molecular weight excluding hydrogens is 524 g/mol. The van der Waals surface area contributed by atoms with Gasteiger partial charge in [0.1, 0.15) is 0 Å². The van der Waals surface area contributed by atoms with Gasteiger partial charge in [-0.05, 0) is 73.0 Å². The van der Waals surface area contributed by atoms with Crippen molar-refractivity contribution in [1.29, 1.82) is 0 Å². The second-order valence-electron chi connectivity index (χ2n) is 8.60. The Morgan fingerprint density at radius 1 is 1.08 bits per heavy atom. The third-order valence-electron chi connectivity index (χ3n) is 5.88. The van der Waals surface area contributed by atoms with E-state index in [9.17, 15) is 14.4 Å². The quantitative estimate of drug-likeness (QED) is 0.162. The number of aryl methyl sites for hydroxylation is 1. The highest BCUT2D eigenvalue weighted by Crippen LogP contribution is 2.33. The van der Waals surface area contributed by atoms with Crippen molar-refractivity contribution < 1.29 is 19.5 Å². The number of carbonyl (C=O) groups excluding carboxylic acids is 2. The van der Waals surface area contributed by atoms with Crippen molar-refractivity contribution in [2.24, 2.45) is 5.10 Å². The van der Waals surface area contributed by atoms with Gasteiger partial charge >= 0.3 is 12.0 Å². The molecule has 0 atom stereocenters. The largest absolute Gasteiger partial charge is 0.478 e. The maximum atomic E-state index is 13.1. The molecule has 0 aromatic heterocycles.